The van der Waals surface area contributed by atoms with Gasteiger partial charge in [-0.1, -0.05) is 19.9 Å². The van der Waals surface area contributed by atoms with E-state index < -0.39 is 0 Å². The van der Waals surface area contributed by atoms with Gasteiger partial charge in [0, 0.05) is 12.7 Å². The van der Waals surface area contributed by atoms with Crippen LogP contribution in [0.3, 0.4) is 0 Å². The molecule has 0 amide bonds. The third-order valence-corrected chi connectivity index (χ3v) is 3.21. The lowest BCUT2D eigenvalue weighted by Crippen LogP contribution is -2.11. The number of ether oxygens (including phenoxy) is 2. The highest BCUT2D eigenvalue weighted by Crippen LogP contribution is 2.32. The van der Waals surface area contributed by atoms with Gasteiger partial charge in [0.1, 0.15) is 5.75 Å². The Labute approximate surface area is 126 Å². The number of hydrogen-bond acceptors (Lipinski definition) is 4. The Morgan fingerprint density at radius 1 is 1.05 bits per heavy atom. The van der Waals surface area contributed by atoms with Gasteiger partial charge in [0.2, 0.25) is 0 Å². The Balaban J connectivity index is 2.17. The van der Waals surface area contributed by atoms with Gasteiger partial charge < -0.3 is 14.8 Å². The van der Waals surface area contributed by atoms with Crippen LogP contribution in [0.25, 0.3) is 0 Å². The summed E-state index contributed by atoms with van der Waals surface area (Å²) in [6, 6.07) is 7.98. The van der Waals surface area contributed by atoms with Crippen molar-refractivity contribution in [2.75, 3.05) is 13.7 Å². The molecule has 0 saturated carbocycles. The van der Waals surface area contributed by atoms with E-state index in [4.69, 9.17) is 9.47 Å². The molecule has 0 aliphatic heterocycles. The summed E-state index contributed by atoms with van der Waals surface area (Å²) in [6.07, 6.45) is 4.52. The first-order valence-corrected chi connectivity index (χ1v) is 7.26. The Morgan fingerprint density at radius 3 is 2.62 bits per heavy atom. The Hall–Kier alpha value is -2.07. The highest BCUT2D eigenvalue weighted by Gasteiger charge is 2.07. The Morgan fingerprint density at radius 2 is 1.90 bits per heavy atom. The van der Waals surface area contributed by atoms with E-state index >= 15 is 0 Å². The van der Waals surface area contributed by atoms with Crippen LogP contribution >= 0.6 is 0 Å². The summed E-state index contributed by atoms with van der Waals surface area (Å²) in [6.45, 7) is 5.90. The zero-order chi connectivity index (χ0) is 15.1. The first-order valence-electron chi connectivity index (χ1n) is 7.26. The second kappa shape index (κ2) is 7.64. The van der Waals surface area contributed by atoms with Gasteiger partial charge in [0.15, 0.2) is 11.5 Å². The third-order valence-electron chi connectivity index (χ3n) is 3.21. The van der Waals surface area contributed by atoms with Crippen LogP contribution in [0, 0.1) is 0 Å². The number of hydrogen-bond donors (Lipinski definition) is 1. The van der Waals surface area contributed by atoms with Crippen LogP contribution in [0.2, 0.25) is 0 Å². The Kier molecular flexibility index (Phi) is 5.58. The van der Waals surface area contributed by atoms with Crippen molar-refractivity contribution in [2.45, 2.75) is 26.8 Å². The minimum absolute atomic E-state index is 0.706. The zero-order valence-electron chi connectivity index (χ0n) is 12.8. The number of nitrogens with zero attached hydrogens (tertiary/aromatic N) is 1. The molecule has 0 bridgehead atoms. The summed E-state index contributed by atoms with van der Waals surface area (Å²) in [4.78, 5) is 4.22. The zero-order valence-corrected chi connectivity index (χ0v) is 12.8. The van der Waals surface area contributed by atoms with E-state index in [1.165, 1.54) is 5.56 Å². The second-order valence-electron chi connectivity index (χ2n) is 4.75. The quantitative estimate of drug-likeness (QED) is 0.845. The summed E-state index contributed by atoms with van der Waals surface area (Å²) in [5.74, 6) is 2.16. The molecule has 0 fully saturated rings. The number of pyridine rings is 1. The molecule has 2 aromatic rings. The van der Waals surface area contributed by atoms with Gasteiger partial charge in [-0.3, -0.25) is 4.98 Å². The molecule has 0 aliphatic carbocycles. The smallest absolute Gasteiger partial charge is 0.169 e. The van der Waals surface area contributed by atoms with Crippen molar-refractivity contribution in [1.82, 2.24) is 10.3 Å². The molecular weight excluding hydrogens is 264 g/mol. The average Bonchev–Trinajstić information content (AvgIpc) is 2.53. The van der Waals surface area contributed by atoms with Crippen LogP contribution in [-0.4, -0.2) is 18.6 Å². The SMILES string of the molecule is CCNCc1cncc(Oc2ccc(CC)cc2OC)c1. The van der Waals surface area contributed by atoms with Crippen molar-refractivity contribution in [3.8, 4) is 17.2 Å². The highest BCUT2D eigenvalue weighted by atomic mass is 16.5. The summed E-state index contributed by atoms with van der Waals surface area (Å²) in [7, 11) is 1.65. The summed E-state index contributed by atoms with van der Waals surface area (Å²) >= 11 is 0. The van der Waals surface area contributed by atoms with E-state index in [9.17, 15) is 0 Å². The molecular formula is C17H22N2O2. The van der Waals surface area contributed by atoms with Gasteiger partial charge >= 0.3 is 0 Å². The minimum atomic E-state index is 0.706. The molecule has 1 N–H and O–H groups in total. The topological polar surface area (TPSA) is 43.4 Å². The maximum absolute atomic E-state index is 5.91. The summed E-state index contributed by atoms with van der Waals surface area (Å²) in [5.41, 5.74) is 2.32. The third kappa shape index (κ3) is 4.20. The number of aromatic nitrogens is 1. The molecule has 21 heavy (non-hydrogen) atoms. The van der Waals surface area contributed by atoms with Gasteiger partial charge in [-0.2, -0.15) is 0 Å². The first-order chi connectivity index (χ1) is 10.3. The normalized spacial score (nSPS) is 10.4. The molecule has 0 spiro atoms. The van der Waals surface area contributed by atoms with Crippen LogP contribution in [0.5, 0.6) is 17.2 Å². The summed E-state index contributed by atoms with van der Waals surface area (Å²) < 4.78 is 11.3. The lowest BCUT2D eigenvalue weighted by Gasteiger charge is -2.12. The number of rotatable bonds is 7. The number of nitrogens with one attached hydrogen (secondary N) is 1. The first kappa shape index (κ1) is 15.3. The van der Waals surface area contributed by atoms with E-state index in [-0.39, 0.29) is 0 Å². The minimum Gasteiger partial charge on any atom is -0.493 e. The lowest BCUT2D eigenvalue weighted by molar-refractivity contribution is 0.377. The molecule has 0 unspecified atom stereocenters. The van der Waals surface area contributed by atoms with E-state index in [0.717, 1.165) is 30.8 Å². The molecule has 0 atom stereocenters. The van der Waals surface area contributed by atoms with Gasteiger partial charge in [-0.05, 0) is 42.3 Å². The fourth-order valence-electron chi connectivity index (χ4n) is 2.03. The molecule has 0 aliphatic rings. The van der Waals surface area contributed by atoms with Crippen LogP contribution in [0.4, 0.5) is 0 Å². The average molecular weight is 286 g/mol. The molecule has 1 aromatic heterocycles. The van der Waals surface area contributed by atoms with Crippen LogP contribution in [-0.2, 0) is 13.0 Å². The molecule has 2 rings (SSSR count). The second-order valence-corrected chi connectivity index (χ2v) is 4.75. The molecule has 1 heterocycles. The van der Waals surface area contributed by atoms with E-state index in [0.29, 0.717) is 11.5 Å². The standard InChI is InChI=1S/C17H22N2O2/c1-4-13-6-7-16(17(9-13)20-3)21-15-8-14(10-18-5-2)11-19-12-15/h6-9,11-12,18H,4-5,10H2,1-3H3. The van der Waals surface area contributed by atoms with Crippen molar-refractivity contribution in [3.63, 3.8) is 0 Å². The van der Waals surface area contributed by atoms with Crippen molar-refractivity contribution in [2.24, 2.45) is 0 Å². The fourth-order valence-corrected chi connectivity index (χ4v) is 2.03. The van der Waals surface area contributed by atoms with Gasteiger partial charge in [0.05, 0.1) is 13.3 Å². The maximum Gasteiger partial charge on any atom is 0.169 e. The largest absolute Gasteiger partial charge is 0.493 e. The predicted octanol–water partition coefficient (Wildman–Crippen LogP) is 3.55. The molecule has 0 saturated heterocycles. The lowest BCUT2D eigenvalue weighted by atomic mass is 10.1. The molecule has 4 nitrogen and oxygen atoms in total. The van der Waals surface area contributed by atoms with E-state index in [2.05, 4.69) is 24.1 Å². The number of aryl methyl sites for hydroxylation is 1. The Bertz CT molecular complexity index is 585. The molecule has 4 heteroatoms. The maximum atomic E-state index is 5.91. The fraction of sp³-hybridized carbons (Fsp3) is 0.353. The summed E-state index contributed by atoms with van der Waals surface area (Å²) in [5, 5.41) is 3.27. The number of benzene rings is 1. The number of methoxy groups -OCH3 is 1. The van der Waals surface area contributed by atoms with Crippen molar-refractivity contribution in [3.05, 3.63) is 47.8 Å². The van der Waals surface area contributed by atoms with Crippen molar-refractivity contribution in [1.29, 1.82) is 0 Å². The van der Waals surface area contributed by atoms with E-state index in [1.54, 1.807) is 13.3 Å². The molecule has 0 radical (unpaired) electrons. The predicted molar refractivity (Wildman–Crippen MR) is 84.1 cm³/mol. The van der Waals surface area contributed by atoms with Crippen molar-refractivity contribution >= 4 is 0 Å². The van der Waals surface area contributed by atoms with Gasteiger partial charge in [-0.15, -0.1) is 0 Å². The molecule has 112 valence electrons. The van der Waals surface area contributed by atoms with Gasteiger partial charge in [0.25, 0.3) is 0 Å². The van der Waals surface area contributed by atoms with Crippen molar-refractivity contribution < 1.29 is 9.47 Å². The van der Waals surface area contributed by atoms with E-state index in [1.807, 2.05) is 30.5 Å². The van der Waals surface area contributed by atoms with Gasteiger partial charge in [-0.25, -0.2) is 0 Å². The monoisotopic (exact) mass is 286 g/mol. The van der Waals surface area contributed by atoms with Crippen LogP contribution in [0.15, 0.2) is 36.7 Å². The highest BCUT2D eigenvalue weighted by molar-refractivity contribution is 5.45. The molecule has 1 aromatic carbocycles. The van der Waals surface area contributed by atoms with Crippen LogP contribution < -0.4 is 14.8 Å². The van der Waals surface area contributed by atoms with Crippen LogP contribution in [0.1, 0.15) is 25.0 Å².